The molecule has 0 spiro atoms. The zero-order chi connectivity index (χ0) is 42.0. The van der Waals surface area contributed by atoms with Crippen LogP contribution in [0.5, 0.6) is 0 Å². The second-order valence-electron chi connectivity index (χ2n) is 20.6. The Morgan fingerprint density at radius 1 is 0.912 bits per heavy atom. The molecule has 1 aromatic rings. The number of Topliss-reactive ketones (excluding diaryl/α,β-unsaturated/α-hetero) is 1. The van der Waals surface area contributed by atoms with E-state index in [4.69, 9.17) is 21.1 Å². The smallest absolute Gasteiger partial charge is 0.309 e. The van der Waals surface area contributed by atoms with Crippen molar-refractivity contribution in [2.24, 2.45) is 56.7 Å². The van der Waals surface area contributed by atoms with Gasteiger partial charge in [0.2, 0.25) is 5.91 Å². The molecule has 5 aliphatic rings. The summed E-state index contributed by atoms with van der Waals surface area (Å²) in [7, 11) is 0. The first-order valence-corrected chi connectivity index (χ1v) is 21.7. The van der Waals surface area contributed by atoms with Crippen LogP contribution in [-0.4, -0.2) is 58.4 Å². The number of nitrogens with zero attached hydrogens (tertiary/aromatic N) is 1. The largest absolute Gasteiger partial charge is 0.481 e. The van der Waals surface area contributed by atoms with Crippen LogP contribution in [0.3, 0.4) is 0 Å². The summed E-state index contributed by atoms with van der Waals surface area (Å²) in [5.41, 5.74) is 0.831. The molecule has 9 atom stereocenters. The number of carboxylic acid groups (broad SMARTS) is 1. The van der Waals surface area contributed by atoms with Gasteiger partial charge in [0.25, 0.3) is 0 Å². The zero-order valence-electron chi connectivity index (χ0n) is 36.0. The highest BCUT2D eigenvalue weighted by Gasteiger charge is 2.67. The van der Waals surface area contributed by atoms with Crippen molar-refractivity contribution in [1.82, 2.24) is 4.90 Å². The van der Waals surface area contributed by atoms with E-state index in [1.807, 2.05) is 24.3 Å². The average molecular weight is 808 g/mol. The number of esters is 2. The lowest BCUT2D eigenvalue weighted by molar-refractivity contribution is -0.206. The molecule has 6 rings (SSSR count). The van der Waals surface area contributed by atoms with Crippen LogP contribution in [0.15, 0.2) is 35.4 Å². The number of carbonyl (C=O) groups is 5. The van der Waals surface area contributed by atoms with E-state index >= 15 is 0 Å². The highest BCUT2D eigenvalue weighted by atomic mass is 35.5. The number of ketones is 1. The van der Waals surface area contributed by atoms with E-state index in [0.717, 1.165) is 56.1 Å². The van der Waals surface area contributed by atoms with Gasteiger partial charge >= 0.3 is 17.9 Å². The van der Waals surface area contributed by atoms with Crippen LogP contribution in [0.25, 0.3) is 0 Å². The Morgan fingerprint density at radius 3 is 2.14 bits per heavy atom. The second-order valence-corrected chi connectivity index (χ2v) is 21.0. The molecule has 4 fully saturated rings. The fraction of sp³-hybridized carbons (Fsp3) is 0.723. The van der Waals surface area contributed by atoms with Crippen LogP contribution >= 0.6 is 11.6 Å². The standard InChI is InChI=1S/C47H66ClNO8/c1-27(2)40-35(52)23-47(38(56-29(4)51)26-49(28(3)50)25-30-11-13-31(48)14-12-30)22-21-45(9)32-17-18-36-44(7,8)37(57-39(53)24-43(5,6)42(54)55)19-20-46(36,10)33(32)15-16-34(45)41(40)47/h11-14,27,32-34,36-38H,15-26H2,1-10H3,(H,54,55)/t32-,33+,34-,36+,37+,38-,45+,46-,47+/m1/s1. The second kappa shape index (κ2) is 15.4. The van der Waals surface area contributed by atoms with Crippen LogP contribution in [0.2, 0.25) is 5.02 Å². The first-order valence-electron chi connectivity index (χ1n) is 21.4. The predicted molar refractivity (Wildman–Crippen MR) is 219 cm³/mol. The van der Waals surface area contributed by atoms with Crippen molar-refractivity contribution < 1.29 is 38.6 Å². The number of benzene rings is 1. The third-order valence-electron chi connectivity index (χ3n) is 16.1. The summed E-state index contributed by atoms with van der Waals surface area (Å²) in [6.07, 6.45) is 6.51. The van der Waals surface area contributed by atoms with Crippen molar-refractivity contribution in [2.45, 2.75) is 152 Å². The fourth-order valence-corrected chi connectivity index (χ4v) is 13.3. The van der Waals surface area contributed by atoms with E-state index in [2.05, 4.69) is 41.5 Å². The van der Waals surface area contributed by atoms with E-state index < -0.39 is 34.8 Å². The SMILES string of the molecule is CC(=O)O[C@H](CN(Cc1ccc(Cl)cc1)C(C)=O)[C@@]12CC[C@]3(C)[C@H](CC[C@H]4[C@H]3CC[C@H]3C(C)(C)[C@@H](OC(=O)CC(C)(C)C(=O)O)CC[C@]43C)C1=C(C(C)C)C(=O)C2. The van der Waals surface area contributed by atoms with Crippen molar-refractivity contribution in [2.75, 3.05) is 6.54 Å². The molecule has 57 heavy (non-hydrogen) atoms. The first kappa shape index (κ1) is 43.4. The number of aliphatic carboxylic acids is 1. The van der Waals surface area contributed by atoms with Crippen molar-refractivity contribution in [1.29, 1.82) is 0 Å². The highest BCUT2D eigenvalue weighted by Crippen LogP contribution is 2.73. The molecular formula is C47H66ClNO8. The summed E-state index contributed by atoms with van der Waals surface area (Å²) in [6.45, 7) is 20.3. The van der Waals surface area contributed by atoms with E-state index in [1.54, 1.807) is 25.7 Å². The molecule has 314 valence electrons. The molecule has 10 heteroatoms. The van der Waals surface area contributed by atoms with Crippen molar-refractivity contribution in [3.63, 3.8) is 0 Å². The monoisotopic (exact) mass is 807 g/mol. The zero-order valence-corrected chi connectivity index (χ0v) is 36.7. The van der Waals surface area contributed by atoms with Gasteiger partial charge in [-0.15, -0.1) is 0 Å². The summed E-state index contributed by atoms with van der Waals surface area (Å²) >= 11 is 6.17. The van der Waals surface area contributed by atoms with Crippen molar-refractivity contribution in [3.05, 3.63) is 46.0 Å². The molecule has 1 aromatic carbocycles. The number of rotatable bonds is 11. The Kier molecular flexibility index (Phi) is 11.7. The van der Waals surface area contributed by atoms with Gasteiger partial charge in [0.05, 0.1) is 18.4 Å². The number of carboxylic acids is 1. The Labute approximate surface area is 345 Å². The Bertz CT molecular complexity index is 1810. The van der Waals surface area contributed by atoms with Gasteiger partial charge in [-0.3, -0.25) is 24.0 Å². The normalized spacial score (nSPS) is 33.7. The molecular weight excluding hydrogens is 742 g/mol. The molecule has 5 aliphatic carbocycles. The molecule has 0 saturated heterocycles. The third kappa shape index (κ3) is 7.61. The average Bonchev–Trinajstić information content (AvgIpc) is 3.42. The summed E-state index contributed by atoms with van der Waals surface area (Å²) < 4.78 is 12.5. The van der Waals surface area contributed by atoms with Gasteiger partial charge in [-0.2, -0.15) is 0 Å². The van der Waals surface area contributed by atoms with E-state index in [9.17, 15) is 29.1 Å². The lowest BCUT2D eigenvalue weighted by atomic mass is 9.37. The van der Waals surface area contributed by atoms with E-state index in [0.29, 0.717) is 42.2 Å². The van der Waals surface area contributed by atoms with Gasteiger partial charge < -0.3 is 19.5 Å². The molecule has 0 bridgehead atoms. The minimum atomic E-state index is -1.19. The number of allylic oxidation sites excluding steroid dienone is 1. The number of amides is 1. The number of hydrogen-bond donors (Lipinski definition) is 1. The van der Waals surface area contributed by atoms with Crippen LogP contribution < -0.4 is 0 Å². The van der Waals surface area contributed by atoms with Crippen molar-refractivity contribution in [3.8, 4) is 0 Å². The summed E-state index contributed by atoms with van der Waals surface area (Å²) in [4.78, 5) is 67.2. The molecule has 4 saturated carbocycles. The minimum absolute atomic E-state index is 0.0125. The summed E-state index contributed by atoms with van der Waals surface area (Å²) in [5.74, 6) is -0.450. The van der Waals surface area contributed by atoms with E-state index in [1.165, 1.54) is 12.5 Å². The fourth-order valence-electron chi connectivity index (χ4n) is 13.2. The molecule has 0 aliphatic heterocycles. The molecule has 0 radical (unpaired) electrons. The molecule has 0 heterocycles. The Balaban J connectivity index is 1.31. The lowest BCUT2D eigenvalue weighted by Gasteiger charge is -2.68. The number of carbonyl (C=O) groups excluding carboxylic acids is 4. The summed E-state index contributed by atoms with van der Waals surface area (Å²) in [6, 6.07) is 7.42. The van der Waals surface area contributed by atoms with Gasteiger partial charge in [-0.05, 0) is 134 Å². The van der Waals surface area contributed by atoms with Gasteiger partial charge in [-0.1, -0.05) is 65.3 Å². The number of ether oxygens (including phenoxy) is 2. The van der Waals surface area contributed by atoms with Crippen LogP contribution in [0.1, 0.15) is 139 Å². The Morgan fingerprint density at radius 2 is 1.54 bits per heavy atom. The van der Waals surface area contributed by atoms with E-state index in [-0.39, 0.29) is 58.8 Å². The number of halogens is 1. The predicted octanol–water partition coefficient (Wildman–Crippen LogP) is 9.62. The lowest BCUT2D eigenvalue weighted by Crippen LogP contribution is -2.62. The number of fused-ring (bicyclic) bond motifs is 7. The maximum atomic E-state index is 14.4. The highest BCUT2D eigenvalue weighted by molar-refractivity contribution is 6.30. The summed E-state index contributed by atoms with van der Waals surface area (Å²) in [5, 5.41) is 10.2. The van der Waals surface area contributed by atoms with Crippen LogP contribution in [0, 0.1) is 56.7 Å². The number of hydrogen-bond acceptors (Lipinski definition) is 7. The maximum Gasteiger partial charge on any atom is 0.309 e. The molecule has 0 unspecified atom stereocenters. The van der Waals surface area contributed by atoms with Crippen molar-refractivity contribution >= 4 is 41.2 Å². The van der Waals surface area contributed by atoms with Crippen LogP contribution in [0.4, 0.5) is 0 Å². The molecule has 1 N–H and O–H groups in total. The third-order valence-corrected chi connectivity index (χ3v) is 16.4. The van der Waals surface area contributed by atoms with Gasteiger partial charge in [0, 0.05) is 42.7 Å². The topological polar surface area (TPSA) is 127 Å². The molecule has 0 aromatic heterocycles. The van der Waals surface area contributed by atoms with Gasteiger partial charge in [-0.25, -0.2) is 0 Å². The quantitative estimate of drug-likeness (QED) is 0.219. The molecule has 1 amide bonds. The van der Waals surface area contributed by atoms with Gasteiger partial charge in [0.1, 0.15) is 12.2 Å². The van der Waals surface area contributed by atoms with Gasteiger partial charge in [0.15, 0.2) is 5.78 Å². The maximum absolute atomic E-state index is 14.4. The van der Waals surface area contributed by atoms with Crippen LogP contribution in [-0.2, 0) is 40.0 Å². The first-order chi connectivity index (χ1) is 26.5. The Hall–Kier alpha value is -3.20. The molecule has 9 nitrogen and oxygen atoms in total. The minimum Gasteiger partial charge on any atom is -0.481 e.